The van der Waals surface area contributed by atoms with E-state index in [-0.39, 0.29) is 6.04 Å². The van der Waals surface area contributed by atoms with Crippen molar-refractivity contribution in [3.63, 3.8) is 0 Å². The molecule has 2 rings (SSSR count). The number of nitrogens with one attached hydrogen (secondary N) is 1. The van der Waals surface area contributed by atoms with Crippen LogP contribution < -0.4 is 5.32 Å². The molecule has 1 aromatic carbocycles. The smallest absolute Gasteiger partial charge is 0.0712 e. The highest BCUT2D eigenvalue weighted by Crippen LogP contribution is 2.15. The fourth-order valence-electron chi connectivity index (χ4n) is 2.87. The topological polar surface area (TPSA) is 15.3 Å². The average Bonchev–Trinajstić information content (AvgIpc) is 2.45. The summed E-state index contributed by atoms with van der Waals surface area (Å²) < 4.78 is 0. The Labute approximate surface area is 117 Å². The molecule has 0 radical (unpaired) electrons. The molecule has 0 aliphatic carbocycles. The number of hydrogen-bond donors (Lipinski definition) is 1. The van der Waals surface area contributed by atoms with Gasteiger partial charge in [0.2, 0.25) is 0 Å². The summed E-state index contributed by atoms with van der Waals surface area (Å²) in [6, 6.07) is 12.0. The lowest BCUT2D eigenvalue weighted by Crippen LogP contribution is -2.58. The van der Waals surface area contributed by atoms with E-state index < -0.39 is 0 Å². The van der Waals surface area contributed by atoms with Crippen molar-refractivity contribution in [2.24, 2.45) is 0 Å². The Hall–Kier alpha value is -1.30. The van der Waals surface area contributed by atoms with Gasteiger partial charge in [-0.1, -0.05) is 43.2 Å². The third-order valence-electron chi connectivity index (χ3n) is 4.00. The molecule has 102 valence electrons. The van der Waals surface area contributed by atoms with Gasteiger partial charge < -0.3 is 5.32 Å². The minimum Gasteiger partial charge on any atom is -0.311 e. The van der Waals surface area contributed by atoms with Crippen LogP contribution in [0.4, 0.5) is 0 Å². The summed E-state index contributed by atoms with van der Waals surface area (Å²) in [5, 5.41) is 3.64. The largest absolute Gasteiger partial charge is 0.311 e. The molecule has 0 bridgehead atoms. The van der Waals surface area contributed by atoms with Crippen LogP contribution in [0.1, 0.15) is 25.8 Å². The van der Waals surface area contributed by atoms with E-state index in [1.54, 1.807) is 0 Å². The van der Waals surface area contributed by atoms with Crippen molar-refractivity contribution in [1.29, 1.82) is 0 Å². The SMILES string of the molecule is C#CC(CC)N1CC(Cc2ccccc2)NCC1C. The van der Waals surface area contributed by atoms with Crippen LogP contribution in [0.5, 0.6) is 0 Å². The summed E-state index contributed by atoms with van der Waals surface area (Å²) in [5.41, 5.74) is 1.39. The molecule has 1 N–H and O–H groups in total. The van der Waals surface area contributed by atoms with Crippen LogP contribution in [-0.2, 0) is 6.42 Å². The second kappa shape index (κ2) is 6.75. The molecular weight excluding hydrogens is 232 g/mol. The van der Waals surface area contributed by atoms with Crippen LogP contribution in [0.25, 0.3) is 0 Å². The molecule has 3 atom stereocenters. The summed E-state index contributed by atoms with van der Waals surface area (Å²) >= 11 is 0. The van der Waals surface area contributed by atoms with Crippen LogP contribution >= 0.6 is 0 Å². The van der Waals surface area contributed by atoms with Crippen molar-refractivity contribution in [3.05, 3.63) is 35.9 Å². The zero-order valence-electron chi connectivity index (χ0n) is 12.0. The van der Waals surface area contributed by atoms with Crippen molar-refractivity contribution in [1.82, 2.24) is 10.2 Å². The standard InChI is InChI=1S/C17H24N2/c1-4-17(5-2)19-13-16(18-12-14(19)3)11-15-9-7-6-8-10-15/h1,6-10,14,16-18H,5,11-13H2,2-3H3. The van der Waals surface area contributed by atoms with E-state index in [0.29, 0.717) is 12.1 Å². The Morgan fingerprint density at radius 1 is 1.42 bits per heavy atom. The first kappa shape index (κ1) is 14.1. The molecule has 2 heteroatoms. The predicted octanol–water partition coefficient (Wildman–Crippen LogP) is 2.30. The maximum Gasteiger partial charge on any atom is 0.0712 e. The van der Waals surface area contributed by atoms with E-state index in [1.807, 2.05) is 0 Å². The monoisotopic (exact) mass is 256 g/mol. The maximum atomic E-state index is 5.66. The fourth-order valence-corrected chi connectivity index (χ4v) is 2.87. The normalized spacial score (nSPS) is 25.7. The summed E-state index contributed by atoms with van der Waals surface area (Å²) in [6.45, 7) is 6.49. The Bertz CT molecular complexity index is 421. The number of benzene rings is 1. The van der Waals surface area contributed by atoms with Crippen LogP contribution in [0.2, 0.25) is 0 Å². The summed E-state index contributed by atoms with van der Waals surface area (Å²) in [5.74, 6) is 2.93. The van der Waals surface area contributed by atoms with Crippen LogP contribution in [0.3, 0.4) is 0 Å². The van der Waals surface area contributed by atoms with Gasteiger partial charge in [0, 0.05) is 25.2 Å². The third-order valence-corrected chi connectivity index (χ3v) is 4.00. The first-order chi connectivity index (χ1) is 9.24. The number of hydrogen-bond acceptors (Lipinski definition) is 2. The molecule has 1 saturated heterocycles. The first-order valence-electron chi connectivity index (χ1n) is 7.23. The van der Waals surface area contributed by atoms with E-state index >= 15 is 0 Å². The lowest BCUT2D eigenvalue weighted by Gasteiger charge is -2.41. The van der Waals surface area contributed by atoms with Gasteiger partial charge in [-0.15, -0.1) is 6.42 Å². The molecule has 1 heterocycles. The molecule has 3 unspecified atom stereocenters. The van der Waals surface area contributed by atoms with Crippen molar-refractivity contribution in [2.75, 3.05) is 13.1 Å². The molecule has 0 amide bonds. The summed E-state index contributed by atoms with van der Waals surface area (Å²) in [7, 11) is 0. The van der Waals surface area contributed by atoms with E-state index in [4.69, 9.17) is 6.42 Å². The van der Waals surface area contributed by atoms with Crippen molar-refractivity contribution in [3.8, 4) is 12.3 Å². The van der Waals surface area contributed by atoms with Gasteiger partial charge >= 0.3 is 0 Å². The summed E-state index contributed by atoms with van der Waals surface area (Å²) in [6.07, 6.45) is 7.76. The highest BCUT2D eigenvalue weighted by molar-refractivity contribution is 5.16. The van der Waals surface area contributed by atoms with E-state index in [2.05, 4.69) is 60.3 Å². The average molecular weight is 256 g/mol. The highest BCUT2D eigenvalue weighted by atomic mass is 15.2. The maximum absolute atomic E-state index is 5.66. The zero-order chi connectivity index (χ0) is 13.7. The second-order valence-electron chi connectivity index (χ2n) is 5.43. The van der Waals surface area contributed by atoms with Gasteiger partial charge in [-0.2, -0.15) is 0 Å². The predicted molar refractivity (Wildman–Crippen MR) is 81.0 cm³/mol. The van der Waals surface area contributed by atoms with Gasteiger partial charge in [0.05, 0.1) is 6.04 Å². The molecule has 1 fully saturated rings. The summed E-state index contributed by atoms with van der Waals surface area (Å²) in [4.78, 5) is 2.48. The van der Waals surface area contributed by atoms with Gasteiger partial charge in [0.25, 0.3) is 0 Å². The molecule has 0 spiro atoms. The van der Waals surface area contributed by atoms with Gasteiger partial charge in [0.1, 0.15) is 0 Å². The van der Waals surface area contributed by atoms with Crippen LogP contribution in [0, 0.1) is 12.3 Å². The lowest BCUT2D eigenvalue weighted by molar-refractivity contribution is 0.113. The van der Waals surface area contributed by atoms with E-state index in [1.165, 1.54) is 5.56 Å². The van der Waals surface area contributed by atoms with Crippen LogP contribution in [0.15, 0.2) is 30.3 Å². The first-order valence-corrected chi connectivity index (χ1v) is 7.23. The second-order valence-corrected chi connectivity index (χ2v) is 5.43. The molecule has 1 aromatic rings. The van der Waals surface area contributed by atoms with E-state index in [0.717, 1.165) is 25.9 Å². The van der Waals surface area contributed by atoms with Gasteiger partial charge in [-0.05, 0) is 25.3 Å². The van der Waals surface area contributed by atoms with Gasteiger partial charge in [-0.25, -0.2) is 0 Å². The zero-order valence-corrected chi connectivity index (χ0v) is 12.0. The minimum atomic E-state index is 0.273. The van der Waals surface area contributed by atoms with Gasteiger partial charge in [0.15, 0.2) is 0 Å². The Morgan fingerprint density at radius 2 is 2.16 bits per heavy atom. The number of rotatable bonds is 4. The molecule has 0 saturated carbocycles. The van der Waals surface area contributed by atoms with Gasteiger partial charge in [-0.3, -0.25) is 4.90 Å². The van der Waals surface area contributed by atoms with Crippen molar-refractivity contribution < 1.29 is 0 Å². The van der Waals surface area contributed by atoms with E-state index in [9.17, 15) is 0 Å². The number of piperazine rings is 1. The Kier molecular flexibility index (Phi) is 5.01. The van der Waals surface area contributed by atoms with Crippen molar-refractivity contribution in [2.45, 2.75) is 44.8 Å². The molecule has 1 aliphatic rings. The lowest BCUT2D eigenvalue weighted by atomic mass is 10.00. The number of terminal acetylenes is 1. The molecular formula is C17H24N2. The Morgan fingerprint density at radius 3 is 2.79 bits per heavy atom. The fraction of sp³-hybridized carbons (Fsp3) is 0.529. The number of nitrogens with zero attached hydrogens (tertiary/aromatic N) is 1. The minimum absolute atomic E-state index is 0.273. The van der Waals surface area contributed by atoms with Crippen molar-refractivity contribution >= 4 is 0 Å². The molecule has 19 heavy (non-hydrogen) atoms. The quantitative estimate of drug-likeness (QED) is 0.832. The molecule has 1 aliphatic heterocycles. The van der Waals surface area contributed by atoms with Crippen LogP contribution in [-0.4, -0.2) is 36.1 Å². The Balaban J connectivity index is 1.99. The highest BCUT2D eigenvalue weighted by Gasteiger charge is 2.28. The third kappa shape index (κ3) is 3.59. The molecule has 0 aromatic heterocycles. The molecule has 2 nitrogen and oxygen atoms in total.